The lowest BCUT2D eigenvalue weighted by Gasteiger charge is -2.34. The van der Waals surface area contributed by atoms with Gasteiger partial charge >= 0.3 is 0 Å². The Labute approximate surface area is 123 Å². The van der Waals surface area contributed by atoms with Crippen LogP contribution in [0.15, 0.2) is 22.7 Å². The first-order valence-electron chi connectivity index (χ1n) is 6.61. The molecule has 1 fully saturated rings. The molecule has 0 amide bonds. The Kier molecular flexibility index (Phi) is 4.71. The molecule has 1 saturated carbocycles. The summed E-state index contributed by atoms with van der Waals surface area (Å²) in [6.45, 7) is 0. The predicted octanol–water partition coefficient (Wildman–Crippen LogP) is 3.98. The molecule has 19 heavy (non-hydrogen) atoms. The summed E-state index contributed by atoms with van der Waals surface area (Å²) in [5, 5.41) is 8.94. The second-order valence-corrected chi connectivity index (χ2v) is 5.92. The highest BCUT2D eigenvalue weighted by molar-refractivity contribution is 9.10. The molecule has 4 heteroatoms. The highest BCUT2D eigenvalue weighted by Crippen LogP contribution is 2.33. The van der Waals surface area contributed by atoms with E-state index in [0.717, 1.165) is 35.9 Å². The first-order valence-corrected chi connectivity index (χ1v) is 7.41. The molecular formula is C15H19BrN2O. The average molecular weight is 323 g/mol. The van der Waals surface area contributed by atoms with E-state index in [1.54, 1.807) is 7.11 Å². The molecule has 1 aromatic carbocycles. The van der Waals surface area contributed by atoms with Crippen molar-refractivity contribution in [3.05, 3.63) is 22.7 Å². The van der Waals surface area contributed by atoms with E-state index in [1.165, 1.54) is 5.69 Å². The van der Waals surface area contributed by atoms with E-state index in [2.05, 4.69) is 46.1 Å². The number of ether oxygens (including phenoxy) is 1. The molecule has 0 atom stereocenters. The van der Waals surface area contributed by atoms with Crippen LogP contribution in [0.1, 0.15) is 25.7 Å². The van der Waals surface area contributed by atoms with Crippen LogP contribution in [0.3, 0.4) is 0 Å². The average Bonchev–Trinajstić information content (AvgIpc) is 2.46. The minimum atomic E-state index is 0.257. The van der Waals surface area contributed by atoms with Gasteiger partial charge in [-0.1, -0.05) is 0 Å². The van der Waals surface area contributed by atoms with Gasteiger partial charge in [-0.05, 0) is 59.8 Å². The van der Waals surface area contributed by atoms with Gasteiger partial charge in [0.15, 0.2) is 0 Å². The van der Waals surface area contributed by atoms with Gasteiger partial charge in [0, 0.05) is 24.7 Å². The highest BCUT2D eigenvalue weighted by Gasteiger charge is 2.24. The van der Waals surface area contributed by atoms with Crippen LogP contribution in [0.4, 0.5) is 5.69 Å². The summed E-state index contributed by atoms with van der Waals surface area (Å²) in [7, 11) is 3.80. The van der Waals surface area contributed by atoms with Crippen LogP contribution in [-0.2, 0) is 0 Å². The zero-order valence-electron chi connectivity index (χ0n) is 11.4. The van der Waals surface area contributed by atoms with Crippen LogP contribution in [0, 0.1) is 17.2 Å². The third-order valence-corrected chi connectivity index (χ3v) is 4.59. The van der Waals surface area contributed by atoms with Crippen molar-refractivity contribution in [3.63, 3.8) is 0 Å². The minimum Gasteiger partial charge on any atom is -0.496 e. The number of anilines is 1. The number of benzene rings is 1. The van der Waals surface area contributed by atoms with Crippen LogP contribution in [0.5, 0.6) is 5.75 Å². The molecule has 0 bridgehead atoms. The van der Waals surface area contributed by atoms with E-state index in [1.807, 2.05) is 6.07 Å². The Morgan fingerprint density at radius 1 is 1.32 bits per heavy atom. The lowest BCUT2D eigenvalue weighted by molar-refractivity contribution is 0.372. The predicted molar refractivity (Wildman–Crippen MR) is 80.5 cm³/mol. The minimum absolute atomic E-state index is 0.257. The molecule has 1 aromatic rings. The van der Waals surface area contributed by atoms with E-state index in [4.69, 9.17) is 10.00 Å². The highest BCUT2D eigenvalue weighted by atomic mass is 79.9. The number of hydrogen-bond acceptors (Lipinski definition) is 3. The molecule has 102 valence electrons. The standard InChI is InChI=1S/C15H19BrN2O/c1-18(12-5-3-11(10-17)4-6-12)13-7-8-15(19-2)14(16)9-13/h7-9,11-12H,3-6H2,1-2H3. The zero-order valence-corrected chi connectivity index (χ0v) is 13.0. The van der Waals surface area contributed by atoms with Gasteiger partial charge in [0.1, 0.15) is 5.75 Å². The maximum Gasteiger partial charge on any atom is 0.133 e. The Bertz CT molecular complexity index is 476. The molecule has 0 saturated heterocycles. The number of hydrogen-bond donors (Lipinski definition) is 0. The Morgan fingerprint density at radius 2 is 2.00 bits per heavy atom. The second kappa shape index (κ2) is 6.29. The van der Waals surface area contributed by atoms with Gasteiger partial charge in [-0.15, -0.1) is 0 Å². The summed E-state index contributed by atoms with van der Waals surface area (Å²) in [4.78, 5) is 2.32. The maximum absolute atomic E-state index is 8.94. The molecule has 0 N–H and O–H groups in total. The van der Waals surface area contributed by atoms with Crippen molar-refractivity contribution >= 4 is 21.6 Å². The molecule has 0 radical (unpaired) electrons. The van der Waals surface area contributed by atoms with Crippen LogP contribution in [0.2, 0.25) is 0 Å². The van der Waals surface area contributed by atoms with Gasteiger partial charge in [0.2, 0.25) is 0 Å². The molecular weight excluding hydrogens is 304 g/mol. The summed E-state index contributed by atoms with van der Waals surface area (Å²) in [5.41, 5.74) is 1.19. The van der Waals surface area contributed by atoms with Gasteiger partial charge in [0.05, 0.1) is 17.7 Å². The van der Waals surface area contributed by atoms with Crippen molar-refractivity contribution < 1.29 is 4.74 Å². The van der Waals surface area contributed by atoms with Crippen molar-refractivity contribution in [2.45, 2.75) is 31.7 Å². The lowest BCUT2D eigenvalue weighted by atomic mass is 9.86. The quantitative estimate of drug-likeness (QED) is 0.844. The van der Waals surface area contributed by atoms with E-state index < -0.39 is 0 Å². The van der Waals surface area contributed by atoms with E-state index in [-0.39, 0.29) is 5.92 Å². The number of rotatable bonds is 3. The fraction of sp³-hybridized carbons (Fsp3) is 0.533. The second-order valence-electron chi connectivity index (χ2n) is 5.06. The molecule has 0 aromatic heterocycles. The van der Waals surface area contributed by atoms with Crippen molar-refractivity contribution in [1.82, 2.24) is 0 Å². The normalized spacial score (nSPS) is 22.6. The van der Waals surface area contributed by atoms with Gasteiger partial charge in [-0.25, -0.2) is 0 Å². The summed E-state index contributed by atoms with van der Waals surface area (Å²) in [6.07, 6.45) is 4.22. The smallest absolute Gasteiger partial charge is 0.133 e. The largest absolute Gasteiger partial charge is 0.496 e. The van der Waals surface area contributed by atoms with E-state index in [9.17, 15) is 0 Å². The van der Waals surface area contributed by atoms with Crippen molar-refractivity contribution in [3.8, 4) is 11.8 Å². The number of nitriles is 1. The molecule has 1 aliphatic carbocycles. The van der Waals surface area contributed by atoms with Crippen LogP contribution in [0.25, 0.3) is 0 Å². The van der Waals surface area contributed by atoms with Gasteiger partial charge in [0.25, 0.3) is 0 Å². The van der Waals surface area contributed by atoms with E-state index >= 15 is 0 Å². The zero-order chi connectivity index (χ0) is 13.8. The van der Waals surface area contributed by atoms with Crippen molar-refractivity contribution in [2.24, 2.45) is 5.92 Å². The summed E-state index contributed by atoms with van der Waals surface area (Å²) in [6, 6.07) is 9.08. The summed E-state index contributed by atoms with van der Waals surface area (Å²) >= 11 is 3.53. The SMILES string of the molecule is COc1ccc(N(C)C2CCC(C#N)CC2)cc1Br. The van der Waals surface area contributed by atoms with Crippen molar-refractivity contribution in [1.29, 1.82) is 5.26 Å². The molecule has 0 heterocycles. The first-order chi connectivity index (χ1) is 9.15. The number of nitrogens with zero attached hydrogens (tertiary/aromatic N) is 2. The van der Waals surface area contributed by atoms with E-state index in [0.29, 0.717) is 6.04 Å². The third kappa shape index (κ3) is 3.22. The summed E-state index contributed by atoms with van der Waals surface area (Å²) < 4.78 is 6.23. The summed E-state index contributed by atoms with van der Waals surface area (Å²) in [5.74, 6) is 1.11. The molecule has 0 aliphatic heterocycles. The molecule has 0 spiro atoms. The van der Waals surface area contributed by atoms with Gasteiger partial charge in [-0.3, -0.25) is 0 Å². The number of halogens is 1. The number of methoxy groups -OCH3 is 1. The Morgan fingerprint density at radius 3 is 2.53 bits per heavy atom. The Balaban J connectivity index is 2.06. The van der Waals surface area contributed by atoms with Crippen molar-refractivity contribution in [2.75, 3.05) is 19.1 Å². The monoisotopic (exact) mass is 322 g/mol. The molecule has 3 nitrogen and oxygen atoms in total. The third-order valence-electron chi connectivity index (χ3n) is 3.97. The van der Waals surface area contributed by atoms with Crippen LogP contribution in [-0.4, -0.2) is 20.2 Å². The van der Waals surface area contributed by atoms with Gasteiger partial charge < -0.3 is 9.64 Å². The molecule has 2 rings (SSSR count). The fourth-order valence-electron chi connectivity index (χ4n) is 2.68. The van der Waals surface area contributed by atoms with Crippen LogP contribution < -0.4 is 9.64 Å². The fourth-order valence-corrected chi connectivity index (χ4v) is 3.21. The molecule has 1 aliphatic rings. The Hall–Kier alpha value is -1.21. The van der Waals surface area contributed by atoms with Crippen LogP contribution >= 0.6 is 15.9 Å². The maximum atomic E-state index is 8.94. The topological polar surface area (TPSA) is 36.3 Å². The lowest BCUT2D eigenvalue weighted by Crippen LogP contribution is -2.34. The molecule has 0 unspecified atom stereocenters. The van der Waals surface area contributed by atoms with Gasteiger partial charge in [-0.2, -0.15) is 5.26 Å². The first kappa shape index (κ1) is 14.2.